The van der Waals surface area contributed by atoms with E-state index in [0.717, 1.165) is 36.2 Å². The van der Waals surface area contributed by atoms with E-state index in [1.54, 1.807) is 4.57 Å². The number of hydrogen-bond donors (Lipinski definition) is 1. The van der Waals surface area contributed by atoms with Gasteiger partial charge in [-0.05, 0) is 48.4 Å². The van der Waals surface area contributed by atoms with Crippen LogP contribution in [0.25, 0.3) is 10.9 Å². The summed E-state index contributed by atoms with van der Waals surface area (Å²) in [6, 6.07) is 16.1. The van der Waals surface area contributed by atoms with Gasteiger partial charge in [0.25, 0.3) is 5.56 Å². The molecule has 1 aromatic heterocycles. The summed E-state index contributed by atoms with van der Waals surface area (Å²) >= 11 is 0. The molecule has 4 rings (SSSR count). The molecular weight excluding hydrogens is 390 g/mol. The van der Waals surface area contributed by atoms with Gasteiger partial charge >= 0.3 is 6.09 Å². The van der Waals surface area contributed by atoms with Gasteiger partial charge in [0.1, 0.15) is 5.82 Å². The summed E-state index contributed by atoms with van der Waals surface area (Å²) in [6.07, 6.45) is 1.62. The Balaban J connectivity index is 1.70. The summed E-state index contributed by atoms with van der Waals surface area (Å²) in [5.41, 5.74) is 2.97. The summed E-state index contributed by atoms with van der Waals surface area (Å²) < 4.78 is 1.79. The van der Waals surface area contributed by atoms with E-state index in [4.69, 9.17) is 4.98 Å². The molecule has 0 saturated carbocycles. The van der Waals surface area contributed by atoms with Crippen molar-refractivity contribution in [2.75, 3.05) is 13.1 Å². The quantitative estimate of drug-likeness (QED) is 0.661. The largest absolute Gasteiger partial charge is 0.465 e. The first-order valence-corrected chi connectivity index (χ1v) is 11.0. The molecular formula is C25H29N3O3. The summed E-state index contributed by atoms with van der Waals surface area (Å²) in [6.45, 7) is 5.61. The fraction of sp³-hybridized carbons (Fsp3) is 0.400. The van der Waals surface area contributed by atoms with E-state index in [0.29, 0.717) is 25.0 Å². The molecule has 31 heavy (non-hydrogen) atoms. The maximum atomic E-state index is 13.5. The van der Waals surface area contributed by atoms with E-state index >= 15 is 0 Å². The van der Waals surface area contributed by atoms with Gasteiger partial charge < -0.3 is 10.0 Å². The lowest BCUT2D eigenvalue weighted by molar-refractivity contribution is 0.116. The molecule has 3 aromatic rings. The Morgan fingerprint density at radius 3 is 2.65 bits per heavy atom. The first-order valence-electron chi connectivity index (χ1n) is 11.0. The molecule has 1 N–H and O–H groups in total. The molecule has 0 aliphatic carbocycles. The van der Waals surface area contributed by atoms with Gasteiger partial charge in [-0.1, -0.05) is 50.2 Å². The van der Waals surface area contributed by atoms with Crippen LogP contribution in [0.2, 0.25) is 0 Å². The maximum Gasteiger partial charge on any atom is 0.407 e. The van der Waals surface area contributed by atoms with Gasteiger partial charge in [-0.2, -0.15) is 0 Å². The Labute approximate surface area is 182 Å². The first kappa shape index (κ1) is 21.1. The van der Waals surface area contributed by atoms with Crippen LogP contribution in [0.15, 0.2) is 53.3 Å². The topological polar surface area (TPSA) is 75.4 Å². The van der Waals surface area contributed by atoms with Crippen molar-refractivity contribution >= 4 is 17.0 Å². The van der Waals surface area contributed by atoms with Crippen LogP contribution in [-0.2, 0) is 13.0 Å². The molecule has 0 bridgehead atoms. The second-order valence-electron chi connectivity index (χ2n) is 8.79. The third-order valence-corrected chi connectivity index (χ3v) is 6.05. The smallest absolute Gasteiger partial charge is 0.407 e. The molecule has 2 heterocycles. The van der Waals surface area contributed by atoms with Crippen LogP contribution in [0.5, 0.6) is 0 Å². The van der Waals surface area contributed by atoms with Gasteiger partial charge in [0.05, 0.1) is 10.9 Å². The molecule has 1 amide bonds. The van der Waals surface area contributed by atoms with Gasteiger partial charge in [0.15, 0.2) is 0 Å². The normalized spacial score (nSPS) is 16.7. The maximum absolute atomic E-state index is 13.5. The Morgan fingerprint density at radius 2 is 1.94 bits per heavy atom. The average molecular weight is 420 g/mol. The molecule has 6 heteroatoms. The van der Waals surface area contributed by atoms with Crippen molar-refractivity contribution < 1.29 is 9.90 Å². The number of likely N-dealkylation sites (tertiary alicyclic amines) is 1. The summed E-state index contributed by atoms with van der Waals surface area (Å²) in [7, 11) is 0. The zero-order valence-electron chi connectivity index (χ0n) is 18.1. The number of amides is 1. The lowest BCUT2D eigenvalue weighted by Crippen LogP contribution is -2.41. The number of rotatable bonds is 5. The number of benzene rings is 2. The number of carbonyl (C=O) groups is 1. The first-order chi connectivity index (χ1) is 14.9. The fourth-order valence-corrected chi connectivity index (χ4v) is 4.49. The van der Waals surface area contributed by atoms with E-state index < -0.39 is 6.09 Å². The predicted octanol–water partition coefficient (Wildman–Crippen LogP) is 4.50. The fourth-order valence-electron chi connectivity index (χ4n) is 4.49. The Morgan fingerprint density at radius 1 is 1.16 bits per heavy atom. The van der Waals surface area contributed by atoms with E-state index in [2.05, 4.69) is 12.1 Å². The third-order valence-electron chi connectivity index (χ3n) is 6.05. The van der Waals surface area contributed by atoms with Crippen LogP contribution >= 0.6 is 0 Å². The van der Waals surface area contributed by atoms with Gasteiger partial charge in [-0.15, -0.1) is 0 Å². The van der Waals surface area contributed by atoms with Crippen LogP contribution in [0, 0.1) is 5.92 Å². The molecule has 0 spiro atoms. The molecule has 1 atom stereocenters. The number of fused-ring (bicyclic) bond motifs is 1. The molecule has 0 radical (unpaired) electrons. The highest BCUT2D eigenvalue weighted by Crippen LogP contribution is 2.22. The monoisotopic (exact) mass is 419 g/mol. The van der Waals surface area contributed by atoms with Crippen molar-refractivity contribution in [3.05, 3.63) is 75.8 Å². The number of nitrogens with zero attached hydrogens (tertiary/aromatic N) is 3. The summed E-state index contributed by atoms with van der Waals surface area (Å²) in [4.78, 5) is 31.2. The molecule has 1 aliphatic heterocycles. The van der Waals surface area contributed by atoms with E-state index in [-0.39, 0.29) is 17.4 Å². The standard InChI is InChI=1S/C25H29N3O3/c1-17(2)23-26-22-11-10-19(13-18-7-4-3-5-8-18)14-21(22)24(29)28(23)16-20-9-6-12-27(15-20)25(30)31/h3-5,7-8,10-11,14,17,20H,6,9,12-13,15-16H2,1-2H3,(H,30,31)/t20-/m1/s1. The molecule has 1 saturated heterocycles. The summed E-state index contributed by atoms with van der Waals surface area (Å²) in [5, 5.41) is 9.99. The summed E-state index contributed by atoms with van der Waals surface area (Å²) in [5.74, 6) is 0.979. The average Bonchev–Trinajstić information content (AvgIpc) is 2.76. The number of aromatic nitrogens is 2. The molecule has 2 aromatic carbocycles. The third kappa shape index (κ3) is 4.63. The Kier molecular flexibility index (Phi) is 6.07. The van der Waals surface area contributed by atoms with Gasteiger partial charge in [0, 0.05) is 25.6 Å². The van der Waals surface area contributed by atoms with E-state index in [1.165, 1.54) is 10.5 Å². The molecule has 0 unspecified atom stereocenters. The Hall–Kier alpha value is -3.15. The van der Waals surface area contributed by atoms with Crippen LogP contribution in [0.3, 0.4) is 0 Å². The number of hydrogen-bond acceptors (Lipinski definition) is 3. The minimum Gasteiger partial charge on any atom is -0.465 e. The second-order valence-corrected chi connectivity index (χ2v) is 8.79. The highest BCUT2D eigenvalue weighted by molar-refractivity contribution is 5.78. The number of carboxylic acid groups (broad SMARTS) is 1. The van der Waals surface area contributed by atoms with E-state index in [9.17, 15) is 14.7 Å². The van der Waals surface area contributed by atoms with Crippen molar-refractivity contribution in [3.63, 3.8) is 0 Å². The van der Waals surface area contributed by atoms with Crippen molar-refractivity contribution in [1.82, 2.24) is 14.5 Å². The van der Waals surface area contributed by atoms with E-state index in [1.807, 2.05) is 50.2 Å². The SMILES string of the molecule is CC(C)c1nc2ccc(Cc3ccccc3)cc2c(=O)n1C[C@@H]1CCCN(C(=O)O)C1. The number of piperidine rings is 1. The minimum atomic E-state index is -0.886. The van der Waals surface area contributed by atoms with Crippen LogP contribution < -0.4 is 5.56 Å². The van der Waals surface area contributed by atoms with Gasteiger partial charge in [0.2, 0.25) is 0 Å². The van der Waals surface area contributed by atoms with Crippen molar-refractivity contribution in [1.29, 1.82) is 0 Å². The second kappa shape index (κ2) is 8.92. The highest BCUT2D eigenvalue weighted by Gasteiger charge is 2.25. The van der Waals surface area contributed by atoms with Gasteiger partial charge in [-0.3, -0.25) is 9.36 Å². The molecule has 6 nitrogen and oxygen atoms in total. The van der Waals surface area contributed by atoms with Crippen molar-refractivity contribution in [3.8, 4) is 0 Å². The van der Waals surface area contributed by atoms with Crippen molar-refractivity contribution in [2.24, 2.45) is 5.92 Å². The predicted molar refractivity (Wildman–Crippen MR) is 122 cm³/mol. The van der Waals surface area contributed by atoms with Gasteiger partial charge in [-0.25, -0.2) is 9.78 Å². The van der Waals surface area contributed by atoms with Crippen molar-refractivity contribution in [2.45, 2.75) is 45.6 Å². The van der Waals surface area contributed by atoms with Crippen LogP contribution in [0.4, 0.5) is 4.79 Å². The van der Waals surface area contributed by atoms with Crippen LogP contribution in [-0.4, -0.2) is 38.7 Å². The highest BCUT2D eigenvalue weighted by atomic mass is 16.4. The minimum absolute atomic E-state index is 0.0314. The lowest BCUT2D eigenvalue weighted by atomic mass is 9.97. The molecule has 1 aliphatic rings. The zero-order valence-corrected chi connectivity index (χ0v) is 18.1. The molecule has 1 fully saturated rings. The van der Waals surface area contributed by atoms with Crippen LogP contribution in [0.1, 0.15) is 49.6 Å². The molecule has 162 valence electrons. The zero-order chi connectivity index (χ0) is 22.0. The lowest BCUT2D eigenvalue weighted by Gasteiger charge is -2.31. The Bertz CT molecular complexity index is 1140.